The quantitative estimate of drug-likeness (QED) is 0.439. The van der Waals surface area contributed by atoms with Crippen molar-refractivity contribution in [2.75, 3.05) is 27.2 Å². The number of aromatic hydroxyl groups is 2. The van der Waals surface area contributed by atoms with E-state index in [9.17, 15) is 10.2 Å². The number of hydrogen-bond donors (Lipinski definition) is 2. The highest BCUT2D eigenvalue weighted by atomic mass is 32.1. The molecule has 29 heavy (non-hydrogen) atoms. The maximum absolute atomic E-state index is 9.94. The van der Waals surface area contributed by atoms with E-state index in [1.165, 1.54) is 0 Å². The molecule has 4 rings (SSSR count). The largest absolute Gasteiger partial charge is 0.508 e. The zero-order valence-electron chi connectivity index (χ0n) is 16.4. The van der Waals surface area contributed by atoms with Crippen LogP contribution >= 0.6 is 11.3 Å². The molecule has 0 bridgehead atoms. The lowest BCUT2D eigenvalue weighted by Crippen LogP contribution is -2.19. The van der Waals surface area contributed by atoms with E-state index in [0.717, 1.165) is 43.9 Å². The van der Waals surface area contributed by atoms with Crippen molar-refractivity contribution in [2.24, 2.45) is 0 Å². The number of fused-ring (bicyclic) bond motifs is 1. The lowest BCUT2D eigenvalue weighted by molar-refractivity contribution is 0.261. The van der Waals surface area contributed by atoms with Crippen molar-refractivity contribution in [3.8, 4) is 38.8 Å². The lowest BCUT2D eigenvalue weighted by Gasteiger charge is -2.12. The van der Waals surface area contributed by atoms with Crippen LogP contribution in [0.4, 0.5) is 0 Å². The van der Waals surface area contributed by atoms with Crippen LogP contribution in [0.2, 0.25) is 0 Å². The summed E-state index contributed by atoms with van der Waals surface area (Å²) >= 11 is 1.63. The number of nitrogens with zero attached hydrogens (tertiary/aromatic N) is 1. The Kier molecular flexibility index (Phi) is 5.43. The molecule has 5 heteroatoms. The number of benzene rings is 3. The van der Waals surface area contributed by atoms with Crippen molar-refractivity contribution >= 4 is 21.4 Å². The van der Waals surface area contributed by atoms with Gasteiger partial charge in [-0.25, -0.2) is 0 Å². The third-order valence-corrected chi connectivity index (χ3v) is 5.93. The van der Waals surface area contributed by atoms with Gasteiger partial charge in [-0.05, 0) is 79.8 Å². The molecule has 4 aromatic rings. The molecule has 4 nitrogen and oxygen atoms in total. The number of phenols is 2. The van der Waals surface area contributed by atoms with E-state index >= 15 is 0 Å². The molecule has 2 N–H and O–H groups in total. The molecule has 0 aliphatic rings. The molecule has 3 aromatic carbocycles. The van der Waals surface area contributed by atoms with E-state index in [1.54, 1.807) is 35.6 Å². The van der Waals surface area contributed by atoms with Crippen molar-refractivity contribution in [3.05, 3.63) is 66.7 Å². The Morgan fingerprint density at radius 1 is 0.862 bits per heavy atom. The van der Waals surface area contributed by atoms with Gasteiger partial charge in [0.1, 0.15) is 23.9 Å². The zero-order chi connectivity index (χ0) is 20.4. The minimum atomic E-state index is 0.241. The van der Waals surface area contributed by atoms with E-state index in [2.05, 4.69) is 17.0 Å². The summed E-state index contributed by atoms with van der Waals surface area (Å²) in [5, 5.41) is 20.7. The first-order valence-electron chi connectivity index (χ1n) is 9.44. The van der Waals surface area contributed by atoms with E-state index in [-0.39, 0.29) is 11.5 Å². The highest BCUT2D eigenvalue weighted by Gasteiger charge is 2.17. The van der Waals surface area contributed by atoms with Gasteiger partial charge in [0.05, 0.1) is 0 Å². The van der Waals surface area contributed by atoms with E-state index in [1.807, 2.05) is 44.4 Å². The summed E-state index contributed by atoms with van der Waals surface area (Å²) in [5.74, 6) is 1.33. The molecule has 0 saturated carbocycles. The highest BCUT2D eigenvalue weighted by Crippen LogP contribution is 2.46. The minimum Gasteiger partial charge on any atom is -0.508 e. The van der Waals surface area contributed by atoms with Crippen molar-refractivity contribution in [2.45, 2.75) is 0 Å². The van der Waals surface area contributed by atoms with Crippen LogP contribution in [0.5, 0.6) is 17.2 Å². The van der Waals surface area contributed by atoms with Crippen molar-refractivity contribution in [1.29, 1.82) is 0 Å². The molecule has 1 heterocycles. The number of rotatable bonds is 6. The Labute approximate surface area is 174 Å². The molecule has 0 spiro atoms. The standard InChI is InChI=1S/C24H23NO3S/c1-25(2)12-13-28-20-5-3-4-17(14-20)23-21-11-10-19(27)15-22(21)29-24(23)16-6-8-18(26)9-7-16/h3-11,14-15,26-27H,12-13H2,1-2H3. The molecule has 0 unspecified atom stereocenters. The fraction of sp³-hybridized carbons (Fsp3) is 0.167. The third-order valence-electron chi connectivity index (χ3n) is 4.73. The second-order valence-corrected chi connectivity index (χ2v) is 8.27. The normalized spacial score (nSPS) is 11.3. The monoisotopic (exact) mass is 405 g/mol. The topological polar surface area (TPSA) is 52.9 Å². The summed E-state index contributed by atoms with van der Waals surface area (Å²) in [6.45, 7) is 1.48. The lowest BCUT2D eigenvalue weighted by atomic mass is 9.98. The van der Waals surface area contributed by atoms with Gasteiger partial charge in [-0.2, -0.15) is 0 Å². The van der Waals surface area contributed by atoms with Crippen LogP contribution in [0.25, 0.3) is 31.7 Å². The third kappa shape index (κ3) is 4.21. The van der Waals surface area contributed by atoms with Gasteiger partial charge in [-0.15, -0.1) is 11.3 Å². The van der Waals surface area contributed by atoms with Crippen LogP contribution in [0.3, 0.4) is 0 Å². The first kappa shape index (κ1) is 19.3. The minimum absolute atomic E-state index is 0.241. The Morgan fingerprint density at radius 3 is 2.38 bits per heavy atom. The van der Waals surface area contributed by atoms with Gasteiger partial charge < -0.3 is 19.8 Å². The predicted molar refractivity (Wildman–Crippen MR) is 120 cm³/mol. The Balaban J connectivity index is 1.82. The average Bonchev–Trinajstić information content (AvgIpc) is 3.07. The van der Waals surface area contributed by atoms with E-state index in [4.69, 9.17) is 4.74 Å². The summed E-state index contributed by atoms with van der Waals surface area (Å²) in [6.07, 6.45) is 0. The molecule has 0 amide bonds. The van der Waals surface area contributed by atoms with Crippen molar-refractivity contribution in [3.63, 3.8) is 0 Å². The Bertz CT molecular complexity index is 1130. The summed E-state index contributed by atoms with van der Waals surface area (Å²) in [4.78, 5) is 3.18. The molecule has 0 saturated heterocycles. The number of thiophene rings is 1. The Morgan fingerprint density at radius 2 is 1.62 bits per heavy atom. The van der Waals surface area contributed by atoms with Crippen LogP contribution < -0.4 is 4.74 Å². The van der Waals surface area contributed by atoms with Crippen LogP contribution in [-0.2, 0) is 0 Å². The zero-order valence-corrected chi connectivity index (χ0v) is 17.2. The summed E-state index contributed by atoms with van der Waals surface area (Å²) in [7, 11) is 4.05. The molecule has 0 aliphatic carbocycles. The van der Waals surface area contributed by atoms with Crippen molar-refractivity contribution < 1.29 is 14.9 Å². The maximum atomic E-state index is 9.94. The van der Waals surface area contributed by atoms with Gasteiger partial charge in [0.2, 0.25) is 0 Å². The summed E-state index contributed by atoms with van der Waals surface area (Å²) in [6, 6.07) is 20.8. The van der Waals surface area contributed by atoms with Gasteiger partial charge in [0.25, 0.3) is 0 Å². The first-order valence-corrected chi connectivity index (χ1v) is 10.3. The van der Waals surface area contributed by atoms with E-state index < -0.39 is 0 Å². The number of ether oxygens (including phenoxy) is 1. The van der Waals surface area contributed by atoms with E-state index in [0.29, 0.717) is 6.61 Å². The molecule has 1 aromatic heterocycles. The number of likely N-dealkylation sites (N-methyl/N-ethyl adjacent to an activating group) is 1. The molecule has 148 valence electrons. The van der Waals surface area contributed by atoms with Crippen LogP contribution in [0, 0.1) is 0 Å². The van der Waals surface area contributed by atoms with Crippen LogP contribution in [0.15, 0.2) is 66.7 Å². The molecule has 0 radical (unpaired) electrons. The summed E-state index contributed by atoms with van der Waals surface area (Å²) < 4.78 is 6.95. The van der Waals surface area contributed by atoms with Crippen molar-refractivity contribution in [1.82, 2.24) is 4.90 Å². The van der Waals surface area contributed by atoms with Gasteiger partial charge in [0.15, 0.2) is 0 Å². The molecular formula is C24H23NO3S. The van der Waals surface area contributed by atoms with Gasteiger partial charge in [-0.1, -0.05) is 12.1 Å². The molecular weight excluding hydrogens is 382 g/mol. The van der Waals surface area contributed by atoms with Gasteiger partial charge in [0, 0.05) is 27.1 Å². The van der Waals surface area contributed by atoms with Gasteiger partial charge in [-0.3, -0.25) is 0 Å². The molecule has 0 fully saturated rings. The van der Waals surface area contributed by atoms with Gasteiger partial charge >= 0.3 is 0 Å². The smallest absolute Gasteiger partial charge is 0.119 e. The Hall–Kier alpha value is -3.02. The fourth-order valence-corrected chi connectivity index (χ4v) is 4.54. The molecule has 0 atom stereocenters. The second-order valence-electron chi connectivity index (χ2n) is 7.21. The first-order chi connectivity index (χ1) is 14.0. The molecule has 0 aliphatic heterocycles. The number of hydrogen-bond acceptors (Lipinski definition) is 5. The maximum Gasteiger partial charge on any atom is 0.119 e. The highest BCUT2D eigenvalue weighted by molar-refractivity contribution is 7.23. The van der Waals surface area contributed by atoms with Crippen LogP contribution in [0.1, 0.15) is 0 Å². The second kappa shape index (κ2) is 8.15. The average molecular weight is 406 g/mol. The summed E-state index contributed by atoms with van der Waals surface area (Å²) in [5.41, 5.74) is 3.19. The fourth-order valence-electron chi connectivity index (χ4n) is 3.28. The SMILES string of the molecule is CN(C)CCOc1cccc(-c2c(-c3ccc(O)cc3)sc3cc(O)ccc23)c1. The predicted octanol–water partition coefficient (Wildman–Crippen LogP) is 5.59. The van der Waals surface area contributed by atoms with Crippen LogP contribution in [-0.4, -0.2) is 42.4 Å². The number of phenolic OH excluding ortho intramolecular Hbond substituents is 2.